The van der Waals surface area contributed by atoms with E-state index in [1.54, 1.807) is 21.1 Å². The third-order valence-corrected chi connectivity index (χ3v) is 4.32. The van der Waals surface area contributed by atoms with Crippen molar-refractivity contribution in [2.75, 3.05) is 34.3 Å². The van der Waals surface area contributed by atoms with Crippen LogP contribution in [0.2, 0.25) is 0 Å². The molecule has 0 amide bonds. The molecule has 0 aliphatic carbocycles. The van der Waals surface area contributed by atoms with E-state index in [0.29, 0.717) is 0 Å². The third kappa shape index (κ3) is 3.43. The number of hydrogen-bond acceptors (Lipinski definition) is 4. The highest BCUT2D eigenvalue weighted by molar-refractivity contribution is 7.53. The van der Waals surface area contributed by atoms with Crippen LogP contribution in [0.1, 0.15) is 6.92 Å². The largest absolute Gasteiger partial charge is 0.452 e. The molecule has 0 radical (unpaired) electrons. The van der Waals surface area contributed by atoms with Crippen LogP contribution in [-0.4, -0.2) is 66.0 Å². The number of nitrogens with zero attached hydrogens (tertiary/aromatic N) is 1. The molecule has 0 saturated carbocycles. The molecule has 0 aromatic rings. The highest BCUT2D eigenvalue weighted by Gasteiger charge is 2.66. The fourth-order valence-corrected chi connectivity index (χ4v) is 3.24. The van der Waals surface area contributed by atoms with Gasteiger partial charge in [0.15, 0.2) is 6.10 Å². The fraction of sp³-hybridized carbons (Fsp3) is 0.727. The lowest BCUT2D eigenvalue weighted by Crippen LogP contribution is -2.66. The summed E-state index contributed by atoms with van der Waals surface area (Å²) >= 11 is 0. The summed E-state index contributed by atoms with van der Waals surface area (Å²) in [5, 5.41) is -1.77. The summed E-state index contributed by atoms with van der Waals surface area (Å²) in [6.07, 6.45) is -0.963. The van der Waals surface area contributed by atoms with Gasteiger partial charge in [-0.15, -0.1) is 0 Å². The topological polar surface area (TPSA) is 93.1 Å². The molecule has 0 aromatic carbocycles. The van der Waals surface area contributed by atoms with E-state index in [2.05, 4.69) is 6.58 Å². The van der Waals surface area contributed by atoms with Crippen LogP contribution in [0.15, 0.2) is 12.2 Å². The van der Waals surface area contributed by atoms with Crippen molar-refractivity contribution >= 4 is 13.6 Å². The molecule has 8 heteroatoms. The Labute approximate surface area is 112 Å². The lowest BCUT2D eigenvalue weighted by molar-refractivity contribution is -0.877. The van der Waals surface area contributed by atoms with Crippen LogP contribution in [0, 0.1) is 0 Å². The van der Waals surface area contributed by atoms with Crippen LogP contribution in [0.3, 0.4) is 0 Å². The van der Waals surface area contributed by atoms with Gasteiger partial charge in [0, 0.05) is 5.57 Å². The van der Waals surface area contributed by atoms with Crippen molar-refractivity contribution in [3.8, 4) is 0 Å². The molecule has 1 rings (SSSR count). The SMILES string of the molecule is C=C(C)C(=O)OC1COC1(C[N+](C)(C)C)P(=O)(O)O. The van der Waals surface area contributed by atoms with E-state index in [1.165, 1.54) is 6.92 Å². The molecular weight excluding hydrogens is 273 g/mol. The van der Waals surface area contributed by atoms with Crippen molar-refractivity contribution in [1.82, 2.24) is 0 Å². The van der Waals surface area contributed by atoms with E-state index in [4.69, 9.17) is 9.47 Å². The minimum Gasteiger partial charge on any atom is -0.452 e. The second kappa shape index (κ2) is 5.00. The van der Waals surface area contributed by atoms with Gasteiger partial charge in [-0.05, 0) is 6.92 Å². The van der Waals surface area contributed by atoms with Crippen molar-refractivity contribution in [3.63, 3.8) is 0 Å². The predicted octanol–water partition coefficient (Wildman–Crippen LogP) is 0.0847. The minimum absolute atomic E-state index is 0.0237. The Morgan fingerprint density at radius 2 is 2.05 bits per heavy atom. The zero-order valence-corrected chi connectivity index (χ0v) is 12.5. The summed E-state index contributed by atoms with van der Waals surface area (Å²) in [5.41, 5.74) is 0.178. The Kier molecular flexibility index (Phi) is 4.29. The molecule has 0 aromatic heterocycles. The molecule has 1 fully saturated rings. The molecule has 2 atom stereocenters. The summed E-state index contributed by atoms with van der Waals surface area (Å²) < 4.78 is 22.2. The zero-order chi connectivity index (χ0) is 15.1. The lowest BCUT2D eigenvalue weighted by atomic mass is 10.1. The molecule has 1 saturated heterocycles. The van der Waals surface area contributed by atoms with Crippen molar-refractivity contribution in [3.05, 3.63) is 12.2 Å². The van der Waals surface area contributed by atoms with Gasteiger partial charge in [-0.25, -0.2) is 4.79 Å². The number of carbonyl (C=O) groups is 1. The molecule has 2 unspecified atom stereocenters. The van der Waals surface area contributed by atoms with Gasteiger partial charge in [0.25, 0.3) is 5.34 Å². The van der Waals surface area contributed by atoms with Crippen LogP contribution >= 0.6 is 7.60 Å². The van der Waals surface area contributed by atoms with Crippen molar-refractivity contribution in [1.29, 1.82) is 0 Å². The first-order chi connectivity index (χ1) is 8.39. The highest BCUT2D eigenvalue weighted by atomic mass is 31.2. The van der Waals surface area contributed by atoms with Gasteiger partial charge in [0.2, 0.25) is 0 Å². The Hall–Kier alpha value is -0.720. The summed E-state index contributed by atoms with van der Waals surface area (Å²) in [4.78, 5) is 30.6. The van der Waals surface area contributed by atoms with Gasteiger partial charge < -0.3 is 23.7 Å². The van der Waals surface area contributed by atoms with Crippen LogP contribution in [0.4, 0.5) is 0 Å². The molecule has 0 bridgehead atoms. The fourth-order valence-electron chi connectivity index (χ4n) is 1.89. The van der Waals surface area contributed by atoms with Gasteiger partial charge in [0.05, 0.1) is 27.7 Å². The van der Waals surface area contributed by atoms with Gasteiger partial charge in [-0.2, -0.15) is 0 Å². The van der Waals surface area contributed by atoms with Crippen LogP contribution in [0.25, 0.3) is 0 Å². The Morgan fingerprint density at radius 1 is 1.53 bits per heavy atom. The highest BCUT2D eigenvalue weighted by Crippen LogP contribution is 2.59. The van der Waals surface area contributed by atoms with E-state index in [1.807, 2.05) is 0 Å². The number of hydrogen-bond donors (Lipinski definition) is 2. The van der Waals surface area contributed by atoms with Crippen molar-refractivity contribution < 1.29 is 33.1 Å². The van der Waals surface area contributed by atoms with Crippen molar-refractivity contribution in [2.24, 2.45) is 0 Å². The van der Waals surface area contributed by atoms with Gasteiger partial charge >= 0.3 is 13.6 Å². The summed E-state index contributed by atoms with van der Waals surface area (Å²) in [6.45, 7) is 4.92. The number of likely N-dealkylation sites (N-methyl/N-ethyl adjacent to an activating group) is 1. The molecule has 19 heavy (non-hydrogen) atoms. The monoisotopic (exact) mass is 294 g/mol. The van der Waals surface area contributed by atoms with E-state index in [0.717, 1.165) is 0 Å². The number of quaternary nitrogens is 1. The normalized spacial score (nSPS) is 27.6. The molecule has 1 aliphatic rings. The van der Waals surface area contributed by atoms with E-state index < -0.39 is 25.0 Å². The quantitative estimate of drug-likeness (QED) is 0.323. The Bertz CT molecular complexity index is 437. The van der Waals surface area contributed by atoms with Crippen LogP contribution in [0.5, 0.6) is 0 Å². The van der Waals surface area contributed by atoms with Crippen molar-refractivity contribution in [2.45, 2.75) is 18.4 Å². The standard InChI is InChI=1S/C11H20NO6P/c1-8(2)10(13)18-9-6-17-11(9,19(14,15)16)7-12(3,4)5/h9H,1,6-7H2,2-5H3,(H-,14,15,16)/p+1. The number of carbonyl (C=O) groups excluding carboxylic acids is 1. The average Bonchev–Trinajstić information content (AvgIpc) is 2.17. The molecule has 2 N–H and O–H groups in total. The third-order valence-electron chi connectivity index (χ3n) is 2.78. The van der Waals surface area contributed by atoms with E-state index >= 15 is 0 Å². The molecule has 110 valence electrons. The van der Waals surface area contributed by atoms with Gasteiger partial charge in [-0.3, -0.25) is 4.57 Å². The minimum atomic E-state index is -4.58. The maximum atomic E-state index is 11.7. The first-order valence-electron chi connectivity index (χ1n) is 5.75. The zero-order valence-electron chi connectivity index (χ0n) is 11.6. The summed E-state index contributed by atoms with van der Waals surface area (Å²) in [7, 11) is 0.739. The van der Waals surface area contributed by atoms with Gasteiger partial charge in [0.1, 0.15) is 6.54 Å². The van der Waals surface area contributed by atoms with Crippen LogP contribution < -0.4 is 0 Å². The second-order valence-corrected chi connectivity index (χ2v) is 7.67. The smallest absolute Gasteiger partial charge is 0.367 e. The number of ether oxygens (including phenoxy) is 2. The first-order valence-corrected chi connectivity index (χ1v) is 7.37. The summed E-state index contributed by atoms with van der Waals surface area (Å²) in [5.74, 6) is -0.674. The molecule has 0 spiro atoms. The molecule has 1 heterocycles. The van der Waals surface area contributed by atoms with Gasteiger partial charge in [-0.1, -0.05) is 6.58 Å². The van der Waals surface area contributed by atoms with E-state index in [9.17, 15) is 19.1 Å². The number of esters is 1. The van der Waals surface area contributed by atoms with E-state index in [-0.39, 0.29) is 23.2 Å². The predicted molar refractivity (Wildman–Crippen MR) is 68.3 cm³/mol. The number of rotatable bonds is 5. The Morgan fingerprint density at radius 3 is 2.32 bits per heavy atom. The maximum absolute atomic E-state index is 11.7. The molecule has 7 nitrogen and oxygen atoms in total. The maximum Gasteiger partial charge on any atom is 0.367 e. The second-order valence-electron chi connectivity index (χ2n) is 5.82. The molecular formula is C11H21NO6P+. The lowest BCUT2D eigenvalue weighted by Gasteiger charge is -2.49. The first kappa shape index (κ1) is 16.3. The summed E-state index contributed by atoms with van der Waals surface area (Å²) in [6, 6.07) is 0. The molecule has 1 aliphatic heterocycles. The van der Waals surface area contributed by atoms with Crippen LogP contribution in [-0.2, 0) is 18.8 Å². The Balaban J connectivity index is 2.98. The average molecular weight is 294 g/mol.